The summed E-state index contributed by atoms with van der Waals surface area (Å²) < 4.78 is 0. The van der Waals surface area contributed by atoms with E-state index in [-0.39, 0.29) is 23.8 Å². The van der Waals surface area contributed by atoms with Gasteiger partial charge in [-0.05, 0) is 24.3 Å². The number of carbonyl (C=O) groups excluding carboxylic acids is 2. The molecule has 21 heavy (non-hydrogen) atoms. The SMILES string of the molecule is CN=C1NC(=O)[C@@H](CC(=O)Nc2ccc(C(=O)O)cc2)S1. The summed E-state index contributed by atoms with van der Waals surface area (Å²) in [7, 11) is 1.56. The van der Waals surface area contributed by atoms with Gasteiger partial charge in [0.1, 0.15) is 5.25 Å². The minimum atomic E-state index is -1.03. The molecule has 0 aromatic heterocycles. The third-order valence-corrected chi connectivity index (χ3v) is 3.94. The van der Waals surface area contributed by atoms with Gasteiger partial charge in [-0.25, -0.2) is 4.79 Å². The molecule has 0 radical (unpaired) electrons. The number of thioether (sulfide) groups is 1. The second-order valence-electron chi connectivity index (χ2n) is 4.26. The van der Waals surface area contributed by atoms with Crippen LogP contribution in [0.4, 0.5) is 5.69 Å². The molecule has 110 valence electrons. The maximum atomic E-state index is 11.9. The van der Waals surface area contributed by atoms with E-state index in [1.165, 1.54) is 36.0 Å². The van der Waals surface area contributed by atoms with Gasteiger partial charge in [-0.2, -0.15) is 0 Å². The van der Waals surface area contributed by atoms with E-state index in [1.54, 1.807) is 7.05 Å². The summed E-state index contributed by atoms with van der Waals surface area (Å²) in [6.45, 7) is 0. The van der Waals surface area contributed by atoms with Crippen LogP contribution in [0.25, 0.3) is 0 Å². The molecule has 2 amide bonds. The number of amidine groups is 1. The second kappa shape index (κ2) is 6.40. The average Bonchev–Trinajstić information content (AvgIpc) is 2.80. The first-order chi connectivity index (χ1) is 9.99. The van der Waals surface area contributed by atoms with E-state index in [0.29, 0.717) is 10.9 Å². The number of benzene rings is 1. The molecule has 0 saturated carbocycles. The third-order valence-electron chi connectivity index (χ3n) is 2.77. The van der Waals surface area contributed by atoms with Gasteiger partial charge >= 0.3 is 5.97 Å². The highest BCUT2D eigenvalue weighted by atomic mass is 32.2. The first-order valence-electron chi connectivity index (χ1n) is 6.07. The summed E-state index contributed by atoms with van der Waals surface area (Å²) in [4.78, 5) is 38.0. The lowest BCUT2D eigenvalue weighted by atomic mass is 10.2. The zero-order chi connectivity index (χ0) is 15.4. The number of amides is 2. The van der Waals surface area contributed by atoms with Gasteiger partial charge in [0, 0.05) is 19.2 Å². The van der Waals surface area contributed by atoms with Crippen LogP contribution in [0.15, 0.2) is 29.3 Å². The van der Waals surface area contributed by atoms with Crippen LogP contribution in [0.1, 0.15) is 16.8 Å². The van der Waals surface area contributed by atoms with Crippen molar-refractivity contribution in [2.24, 2.45) is 4.99 Å². The van der Waals surface area contributed by atoms with Gasteiger partial charge in [0.2, 0.25) is 11.8 Å². The fraction of sp³-hybridized carbons (Fsp3) is 0.231. The summed E-state index contributed by atoms with van der Waals surface area (Å²) in [6.07, 6.45) is 0.0240. The lowest BCUT2D eigenvalue weighted by Crippen LogP contribution is -2.28. The molecule has 1 aliphatic heterocycles. The molecule has 1 aliphatic rings. The van der Waals surface area contributed by atoms with Crippen LogP contribution in [0.5, 0.6) is 0 Å². The Kier molecular flexibility index (Phi) is 4.59. The normalized spacial score (nSPS) is 19.4. The van der Waals surface area contributed by atoms with Crippen molar-refractivity contribution in [3.05, 3.63) is 29.8 Å². The Bertz CT molecular complexity index is 612. The first-order valence-corrected chi connectivity index (χ1v) is 6.95. The Labute approximate surface area is 124 Å². The molecule has 3 N–H and O–H groups in total. The van der Waals surface area contributed by atoms with Crippen LogP contribution in [-0.4, -0.2) is 40.4 Å². The van der Waals surface area contributed by atoms with Crippen LogP contribution in [0.2, 0.25) is 0 Å². The molecule has 0 aliphatic carbocycles. The van der Waals surface area contributed by atoms with Gasteiger partial charge in [0.15, 0.2) is 5.17 Å². The third kappa shape index (κ3) is 3.82. The van der Waals surface area contributed by atoms with E-state index in [2.05, 4.69) is 15.6 Å². The number of aromatic carboxylic acids is 1. The molecule has 1 aromatic rings. The van der Waals surface area contributed by atoms with Crippen molar-refractivity contribution < 1.29 is 19.5 Å². The summed E-state index contributed by atoms with van der Waals surface area (Å²) >= 11 is 1.21. The van der Waals surface area contributed by atoms with E-state index < -0.39 is 11.2 Å². The van der Waals surface area contributed by atoms with Crippen molar-refractivity contribution in [2.75, 3.05) is 12.4 Å². The number of nitrogens with zero attached hydrogens (tertiary/aromatic N) is 1. The van der Waals surface area contributed by atoms with Gasteiger partial charge in [-0.3, -0.25) is 14.6 Å². The number of rotatable bonds is 4. The Hall–Kier alpha value is -2.35. The number of carbonyl (C=O) groups is 3. The predicted molar refractivity (Wildman–Crippen MR) is 79.5 cm³/mol. The van der Waals surface area contributed by atoms with Crippen molar-refractivity contribution in [1.82, 2.24) is 5.32 Å². The van der Waals surface area contributed by atoms with E-state index in [0.717, 1.165) is 0 Å². The lowest BCUT2D eigenvalue weighted by Gasteiger charge is -2.07. The molecule has 1 atom stereocenters. The Morgan fingerprint density at radius 3 is 2.57 bits per heavy atom. The quantitative estimate of drug-likeness (QED) is 0.767. The second-order valence-corrected chi connectivity index (χ2v) is 5.45. The van der Waals surface area contributed by atoms with Crippen molar-refractivity contribution in [3.8, 4) is 0 Å². The highest BCUT2D eigenvalue weighted by Gasteiger charge is 2.31. The fourth-order valence-corrected chi connectivity index (χ4v) is 2.66. The number of hydrogen-bond acceptors (Lipinski definition) is 5. The Morgan fingerprint density at radius 2 is 2.05 bits per heavy atom. The molecule has 0 unspecified atom stereocenters. The van der Waals surface area contributed by atoms with Gasteiger partial charge in [0.25, 0.3) is 0 Å². The number of anilines is 1. The molecular weight excluding hydrogens is 294 g/mol. The minimum absolute atomic E-state index is 0.0240. The summed E-state index contributed by atoms with van der Waals surface area (Å²) in [5, 5.41) is 14.0. The number of aliphatic imine (C=N–C) groups is 1. The molecule has 1 fully saturated rings. The van der Waals surface area contributed by atoms with Crippen molar-refractivity contribution in [2.45, 2.75) is 11.7 Å². The van der Waals surface area contributed by atoms with E-state index in [4.69, 9.17) is 5.11 Å². The number of nitrogens with one attached hydrogen (secondary N) is 2. The van der Waals surface area contributed by atoms with Crippen LogP contribution in [-0.2, 0) is 9.59 Å². The predicted octanol–water partition coefficient (Wildman–Crippen LogP) is 0.931. The Balaban J connectivity index is 1.93. The average molecular weight is 307 g/mol. The van der Waals surface area contributed by atoms with Crippen molar-refractivity contribution in [3.63, 3.8) is 0 Å². The maximum Gasteiger partial charge on any atom is 0.335 e. The molecule has 0 bridgehead atoms. The van der Waals surface area contributed by atoms with Gasteiger partial charge < -0.3 is 15.7 Å². The topological polar surface area (TPSA) is 108 Å². The number of carboxylic acids is 1. The van der Waals surface area contributed by atoms with Crippen molar-refractivity contribution >= 4 is 40.4 Å². The summed E-state index contributed by atoms with van der Waals surface area (Å²) in [5.41, 5.74) is 0.625. The fourth-order valence-electron chi connectivity index (χ4n) is 1.72. The summed E-state index contributed by atoms with van der Waals surface area (Å²) in [5.74, 6) is -1.58. The van der Waals surface area contributed by atoms with Crippen molar-refractivity contribution in [1.29, 1.82) is 0 Å². The molecule has 1 saturated heterocycles. The standard InChI is InChI=1S/C13H13N3O4S/c1-14-13-16-11(18)9(21-13)6-10(17)15-8-4-2-7(3-5-8)12(19)20/h2-5,9H,6H2,1H3,(H,15,17)(H,19,20)(H,14,16,18)/t9-/m1/s1. The van der Waals surface area contributed by atoms with Crippen LogP contribution in [0.3, 0.4) is 0 Å². The minimum Gasteiger partial charge on any atom is -0.478 e. The van der Waals surface area contributed by atoms with E-state index in [9.17, 15) is 14.4 Å². The largest absolute Gasteiger partial charge is 0.478 e. The zero-order valence-corrected chi connectivity index (χ0v) is 11.9. The van der Waals surface area contributed by atoms with Crippen LogP contribution in [0, 0.1) is 0 Å². The lowest BCUT2D eigenvalue weighted by molar-refractivity contribution is -0.122. The molecule has 7 nitrogen and oxygen atoms in total. The highest BCUT2D eigenvalue weighted by molar-refractivity contribution is 8.15. The smallest absolute Gasteiger partial charge is 0.335 e. The van der Waals surface area contributed by atoms with Crippen LogP contribution >= 0.6 is 11.8 Å². The molecule has 1 aromatic carbocycles. The van der Waals surface area contributed by atoms with Gasteiger partial charge in [0.05, 0.1) is 5.56 Å². The molecule has 8 heteroatoms. The summed E-state index contributed by atoms with van der Waals surface area (Å²) in [6, 6.07) is 5.80. The van der Waals surface area contributed by atoms with Gasteiger partial charge in [-0.1, -0.05) is 11.8 Å². The zero-order valence-electron chi connectivity index (χ0n) is 11.1. The molecule has 2 rings (SSSR count). The number of hydrogen-bond donors (Lipinski definition) is 3. The maximum absolute atomic E-state index is 11.9. The van der Waals surface area contributed by atoms with Gasteiger partial charge in [-0.15, -0.1) is 0 Å². The molecule has 1 heterocycles. The van der Waals surface area contributed by atoms with E-state index >= 15 is 0 Å². The number of carboxylic acid groups (broad SMARTS) is 1. The van der Waals surface area contributed by atoms with E-state index in [1.807, 2.05) is 0 Å². The monoisotopic (exact) mass is 307 g/mol. The first kappa shape index (κ1) is 15.0. The van der Waals surface area contributed by atoms with Crippen LogP contribution < -0.4 is 10.6 Å². The highest BCUT2D eigenvalue weighted by Crippen LogP contribution is 2.22. The molecule has 0 spiro atoms. The Morgan fingerprint density at radius 1 is 1.38 bits per heavy atom. The molecular formula is C13H13N3O4S.